The van der Waals surface area contributed by atoms with Crippen molar-refractivity contribution in [3.63, 3.8) is 0 Å². The van der Waals surface area contributed by atoms with Crippen molar-refractivity contribution in [1.82, 2.24) is 0 Å². The Morgan fingerprint density at radius 2 is 2.29 bits per heavy atom. The van der Waals surface area contributed by atoms with Crippen molar-refractivity contribution in [2.75, 3.05) is 13.0 Å². The standard InChI is InChI=1S/C11H10ClFO/c1-14-11-9(5-2-3-8-12)6-4-7-10(11)13/h4,6-7H,3,8H2,1H3. The van der Waals surface area contributed by atoms with E-state index in [2.05, 4.69) is 11.8 Å². The Labute approximate surface area is 87.8 Å². The summed E-state index contributed by atoms with van der Waals surface area (Å²) in [4.78, 5) is 0. The SMILES string of the molecule is COc1c(F)cccc1C#CCCCl. The fourth-order valence-electron chi connectivity index (χ4n) is 1.02. The number of halogens is 2. The van der Waals surface area contributed by atoms with E-state index in [1.54, 1.807) is 12.1 Å². The van der Waals surface area contributed by atoms with E-state index in [9.17, 15) is 4.39 Å². The summed E-state index contributed by atoms with van der Waals surface area (Å²) in [6, 6.07) is 4.65. The van der Waals surface area contributed by atoms with E-state index >= 15 is 0 Å². The highest BCUT2D eigenvalue weighted by Crippen LogP contribution is 2.20. The molecule has 0 aliphatic heterocycles. The number of hydrogen-bond donors (Lipinski definition) is 0. The molecular weight excluding hydrogens is 203 g/mol. The number of ether oxygens (including phenoxy) is 1. The van der Waals surface area contributed by atoms with Crippen LogP contribution in [0.4, 0.5) is 4.39 Å². The predicted octanol–water partition coefficient (Wildman–Crippen LogP) is 2.81. The average Bonchev–Trinajstić information content (AvgIpc) is 2.18. The molecule has 3 heteroatoms. The minimum Gasteiger partial charge on any atom is -0.492 e. The molecule has 0 saturated heterocycles. The number of alkyl halides is 1. The second-order valence-corrected chi connectivity index (χ2v) is 2.94. The maximum absolute atomic E-state index is 13.1. The monoisotopic (exact) mass is 212 g/mol. The van der Waals surface area contributed by atoms with Gasteiger partial charge in [0.15, 0.2) is 11.6 Å². The molecule has 0 saturated carbocycles. The van der Waals surface area contributed by atoms with E-state index in [0.29, 0.717) is 17.9 Å². The van der Waals surface area contributed by atoms with Crippen LogP contribution in [0.15, 0.2) is 18.2 Å². The summed E-state index contributed by atoms with van der Waals surface area (Å²) in [5.41, 5.74) is 0.553. The molecule has 0 fully saturated rings. The van der Waals surface area contributed by atoms with Gasteiger partial charge in [-0.2, -0.15) is 0 Å². The van der Waals surface area contributed by atoms with Gasteiger partial charge in [-0.15, -0.1) is 11.6 Å². The Morgan fingerprint density at radius 1 is 1.50 bits per heavy atom. The van der Waals surface area contributed by atoms with Gasteiger partial charge in [-0.25, -0.2) is 4.39 Å². The number of hydrogen-bond acceptors (Lipinski definition) is 1. The normalized spacial score (nSPS) is 9.07. The van der Waals surface area contributed by atoms with Crippen molar-refractivity contribution >= 4 is 11.6 Å². The highest BCUT2D eigenvalue weighted by molar-refractivity contribution is 6.18. The number of benzene rings is 1. The van der Waals surface area contributed by atoms with Gasteiger partial charge < -0.3 is 4.74 Å². The van der Waals surface area contributed by atoms with Gasteiger partial charge in [-0.3, -0.25) is 0 Å². The second kappa shape index (κ2) is 5.51. The number of rotatable bonds is 2. The highest BCUT2D eigenvalue weighted by Gasteiger charge is 2.05. The molecule has 1 aromatic rings. The Hall–Kier alpha value is -1.20. The van der Waals surface area contributed by atoms with Gasteiger partial charge in [0.25, 0.3) is 0 Å². The smallest absolute Gasteiger partial charge is 0.170 e. The van der Waals surface area contributed by atoms with Crippen molar-refractivity contribution in [3.05, 3.63) is 29.6 Å². The maximum atomic E-state index is 13.1. The van der Waals surface area contributed by atoms with Gasteiger partial charge >= 0.3 is 0 Å². The Morgan fingerprint density at radius 3 is 2.93 bits per heavy atom. The van der Waals surface area contributed by atoms with Gasteiger partial charge in [0, 0.05) is 12.3 Å². The first-order chi connectivity index (χ1) is 6.79. The van der Waals surface area contributed by atoms with E-state index in [4.69, 9.17) is 16.3 Å². The van der Waals surface area contributed by atoms with Gasteiger partial charge in [-0.05, 0) is 12.1 Å². The first-order valence-electron chi connectivity index (χ1n) is 4.17. The van der Waals surface area contributed by atoms with Crippen LogP contribution in [0.2, 0.25) is 0 Å². The van der Waals surface area contributed by atoms with Crippen LogP contribution in [0, 0.1) is 17.7 Å². The van der Waals surface area contributed by atoms with E-state index in [1.165, 1.54) is 13.2 Å². The summed E-state index contributed by atoms with van der Waals surface area (Å²) in [5, 5.41) is 0. The Kier molecular flexibility index (Phi) is 4.28. The van der Waals surface area contributed by atoms with Crippen LogP contribution in [-0.2, 0) is 0 Å². The summed E-state index contributed by atoms with van der Waals surface area (Å²) >= 11 is 5.46. The molecule has 14 heavy (non-hydrogen) atoms. The molecule has 1 nitrogen and oxygen atoms in total. The van der Waals surface area contributed by atoms with Crippen molar-refractivity contribution in [2.24, 2.45) is 0 Å². The molecular formula is C11H10ClFO. The molecule has 1 aromatic carbocycles. The van der Waals surface area contributed by atoms with Crippen LogP contribution in [0.3, 0.4) is 0 Å². The molecule has 0 atom stereocenters. The lowest BCUT2D eigenvalue weighted by Crippen LogP contribution is -1.91. The predicted molar refractivity (Wildman–Crippen MR) is 55.2 cm³/mol. The quantitative estimate of drug-likeness (QED) is 0.541. The summed E-state index contributed by atoms with van der Waals surface area (Å²) in [6.45, 7) is 0. The van der Waals surface area contributed by atoms with E-state index in [0.717, 1.165) is 0 Å². The van der Waals surface area contributed by atoms with Crippen molar-refractivity contribution in [3.8, 4) is 17.6 Å². The zero-order valence-electron chi connectivity index (χ0n) is 7.81. The van der Waals surface area contributed by atoms with Crippen molar-refractivity contribution < 1.29 is 9.13 Å². The molecule has 0 amide bonds. The van der Waals surface area contributed by atoms with Crippen LogP contribution >= 0.6 is 11.6 Å². The topological polar surface area (TPSA) is 9.23 Å². The first-order valence-corrected chi connectivity index (χ1v) is 4.70. The van der Waals surface area contributed by atoms with Crippen LogP contribution in [0.5, 0.6) is 5.75 Å². The molecule has 0 heterocycles. The van der Waals surface area contributed by atoms with Gasteiger partial charge in [0.1, 0.15) is 0 Å². The average molecular weight is 213 g/mol. The van der Waals surface area contributed by atoms with E-state index in [-0.39, 0.29) is 5.75 Å². The summed E-state index contributed by atoms with van der Waals surface area (Å²) in [5.74, 6) is 5.90. The van der Waals surface area contributed by atoms with Crippen LogP contribution in [0.25, 0.3) is 0 Å². The van der Waals surface area contributed by atoms with E-state index in [1.807, 2.05) is 0 Å². The fourth-order valence-corrected chi connectivity index (χ4v) is 1.11. The third-order valence-electron chi connectivity index (χ3n) is 1.61. The third kappa shape index (κ3) is 2.65. The highest BCUT2D eigenvalue weighted by atomic mass is 35.5. The van der Waals surface area contributed by atoms with Crippen molar-refractivity contribution in [1.29, 1.82) is 0 Å². The molecule has 0 radical (unpaired) electrons. The first kappa shape index (κ1) is 10.9. The second-order valence-electron chi connectivity index (χ2n) is 2.56. The zero-order chi connectivity index (χ0) is 10.4. The molecule has 0 bridgehead atoms. The molecule has 0 N–H and O–H groups in total. The van der Waals surface area contributed by atoms with Gasteiger partial charge in [0.2, 0.25) is 0 Å². The van der Waals surface area contributed by atoms with Crippen molar-refractivity contribution in [2.45, 2.75) is 6.42 Å². The van der Waals surface area contributed by atoms with E-state index < -0.39 is 5.82 Å². The Bertz CT molecular complexity index is 365. The lowest BCUT2D eigenvalue weighted by Gasteiger charge is -2.03. The van der Waals surface area contributed by atoms with Gasteiger partial charge in [-0.1, -0.05) is 17.9 Å². The lowest BCUT2D eigenvalue weighted by atomic mass is 10.2. The molecule has 1 rings (SSSR count). The minimum absolute atomic E-state index is 0.189. The molecule has 0 aromatic heterocycles. The van der Waals surface area contributed by atoms with Crippen LogP contribution in [-0.4, -0.2) is 13.0 Å². The molecule has 0 unspecified atom stereocenters. The minimum atomic E-state index is -0.398. The molecule has 74 valence electrons. The summed E-state index contributed by atoms with van der Waals surface area (Å²) in [6.07, 6.45) is 0.585. The molecule has 0 aliphatic carbocycles. The summed E-state index contributed by atoms with van der Waals surface area (Å²) in [7, 11) is 1.42. The largest absolute Gasteiger partial charge is 0.492 e. The third-order valence-corrected chi connectivity index (χ3v) is 1.80. The van der Waals surface area contributed by atoms with Crippen LogP contribution in [0.1, 0.15) is 12.0 Å². The fraction of sp³-hybridized carbons (Fsp3) is 0.273. The zero-order valence-corrected chi connectivity index (χ0v) is 8.57. The Balaban J connectivity index is 2.98. The number of para-hydroxylation sites is 1. The lowest BCUT2D eigenvalue weighted by molar-refractivity contribution is 0.385. The molecule has 0 spiro atoms. The van der Waals surface area contributed by atoms with Gasteiger partial charge in [0.05, 0.1) is 12.7 Å². The maximum Gasteiger partial charge on any atom is 0.170 e. The summed E-state index contributed by atoms with van der Waals surface area (Å²) < 4.78 is 18.0. The number of methoxy groups -OCH3 is 1. The van der Waals surface area contributed by atoms with Crippen LogP contribution < -0.4 is 4.74 Å². The molecule has 0 aliphatic rings.